The minimum Gasteiger partial charge on any atom is -0.356 e. The van der Waals surface area contributed by atoms with Gasteiger partial charge in [-0.1, -0.05) is 37.8 Å². The molecule has 0 amide bonds. The average molecular weight is 294 g/mol. The van der Waals surface area contributed by atoms with E-state index in [2.05, 4.69) is 16.8 Å². The Hall–Kier alpha value is -0.830. The molecule has 1 aromatic rings. The first-order chi connectivity index (χ1) is 9.69. The van der Waals surface area contributed by atoms with Crippen LogP contribution in [-0.2, 0) is 6.42 Å². The Morgan fingerprint density at radius 2 is 1.90 bits per heavy atom. The first-order valence-corrected chi connectivity index (χ1v) is 8.34. The van der Waals surface area contributed by atoms with Crippen molar-refractivity contribution in [2.75, 3.05) is 18.0 Å². The molecular formula is C16H24ClN3. The molecule has 4 heteroatoms. The van der Waals surface area contributed by atoms with E-state index in [0.717, 1.165) is 48.6 Å². The second-order valence-electron chi connectivity index (χ2n) is 6.27. The molecule has 0 N–H and O–H groups in total. The lowest BCUT2D eigenvalue weighted by atomic mass is 9.75. The van der Waals surface area contributed by atoms with Crippen LogP contribution in [0, 0.1) is 18.8 Å². The van der Waals surface area contributed by atoms with Gasteiger partial charge in [0.15, 0.2) is 0 Å². The average Bonchev–Trinajstić information content (AvgIpc) is 2.49. The molecule has 3 nitrogen and oxygen atoms in total. The van der Waals surface area contributed by atoms with Gasteiger partial charge in [-0.25, -0.2) is 9.97 Å². The molecule has 3 rings (SSSR count). The molecule has 2 aliphatic rings. The lowest BCUT2D eigenvalue weighted by molar-refractivity contribution is 0.202. The third-order valence-corrected chi connectivity index (χ3v) is 5.38. The smallest absolute Gasteiger partial charge is 0.137 e. The van der Waals surface area contributed by atoms with Crippen molar-refractivity contribution in [3.63, 3.8) is 0 Å². The van der Waals surface area contributed by atoms with E-state index in [-0.39, 0.29) is 0 Å². The van der Waals surface area contributed by atoms with Gasteiger partial charge in [-0.05, 0) is 31.6 Å². The highest BCUT2D eigenvalue weighted by Gasteiger charge is 2.32. The van der Waals surface area contributed by atoms with Crippen LogP contribution in [0.5, 0.6) is 0 Å². The summed E-state index contributed by atoms with van der Waals surface area (Å²) in [6.07, 6.45) is 7.81. The fraction of sp³-hybridized carbons (Fsp3) is 0.750. The van der Waals surface area contributed by atoms with Gasteiger partial charge in [0, 0.05) is 25.1 Å². The van der Waals surface area contributed by atoms with E-state index in [1.807, 2.05) is 6.92 Å². The van der Waals surface area contributed by atoms with E-state index in [1.165, 1.54) is 32.1 Å². The quantitative estimate of drug-likeness (QED) is 0.771. The number of nitrogens with zero attached hydrogens (tertiary/aromatic N) is 3. The fourth-order valence-corrected chi connectivity index (χ4v) is 3.96. The van der Waals surface area contributed by atoms with E-state index in [1.54, 1.807) is 0 Å². The van der Waals surface area contributed by atoms with Crippen LogP contribution < -0.4 is 4.90 Å². The molecule has 0 aromatic carbocycles. The van der Waals surface area contributed by atoms with Crippen molar-refractivity contribution in [2.24, 2.45) is 11.8 Å². The fourth-order valence-electron chi connectivity index (χ4n) is 3.78. The molecule has 2 unspecified atom stereocenters. The molecule has 2 fully saturated rings. The first kappa shape index (κ1) is 14.1. The molecule has 1 saturated heterocycles. The summed E-state index contributed by atoms with van der Waals surface area (Å²) < 4.78 is 0. The number of fused-ring (bicyclic) bond motifs is 1. The zero-order valence-corrected chi connectivity index (χ0v) is 13.3. The van der Waals surface area contributed by atoms with Gasteiger partial charge in [0.2, 0.25) is 0 Å². The molecule has 1 saturated carbocycles. The summed E-state index contributed by atoms with van der Waals surface area (Å²) in [6, 6.07) is 0. The van der Waals surface area contributed by atoms with Crippen LogP contribution in [0.4, 0.5) is 5.82 Å². The van der Waals surface area contributed by atoms with Crippen molar-refractivity contribution in [1.29, 1.82) is 0 Å². The molecule has 20 heavy (non-hydrogen) atoms. The van der Waals surface area contributed by atoms with Crippen LogP contribution in [0.15, 0.2) is 0 Å². The van der Waals surface area contributed by atoms with Crippen molar-refractivity contribution in [3.8, 4) is 0 Å². The van der Waals surface area contributed by atoms with E-state index < -0.39 is 0 Å². The topological polar surface area (TPSA) is 29.0 Å². The number of aromatic nitrogens is 2. The lowest BCUT2D eigenvalue weighted by Crippen LogP contribution is -2.42. The molecule has 0 radical (unpaired) electrons. The Labute approximate surface area is 126 Å². The summed E-state index contributed by atoms with van der Waals surface area (Å²) >= 11 is 6.28. The standard InChI is InChI=1S/C16H24ClN3/c1-3-14-18-15(17)11(2)16(19-14)20-9-8-12-6-4-5-7-13(12)10-20/h12-13H,3-10H2,1-2H3. The van der Waals surface area contributed by atoms with Crippen molar-refractivity contribution >= 4 is 17.4 Å². The van der Waals surface area contributed by atoms with Gasteiger partial charge in [-0.2, -0.15) is 0 Å². The third kappa shape index (κ3) is 2.65. The van der Waals surface area contributed by atoms with Crippen LogP contribution in [-0.4, -0.2) is 23.1 Å². The lowest BCUT2D eigenvalue weighted by Gasteiger charge is -2.42. The predicted molar refractivity (Wildman–Crippen MR) is 83.4 cm³/mol. The van der Waals surface area contributed by atoms with Gasteiger partial charge in [0.1, 0.15) is 16.8 Å². The zero-order chi connectivity index (χ0) is 14.1. The molecule has 2 heterocycles. The van der Waals surface area contributed by atoms with E-state index in [4.69, 9.17) is 16.6 Å². The second kappa shape index (κ2) is 5.88. The molecular weight excluding hydrogens is 270 g/mol. The van der Waals surface area contributed by atoms with Gasteiger partial charge in [-0.3, -0.25) is 0 Å². The van der Waals surface area contributed by atoms with Gasteiger partial charge in [0.25, 0.3) is 0 Å². The summed E-state index contributed by atoms with van der Waals surface area (Å²) in [7, 11) is 0. The van der Waals surface area contributed by atoms with Crippen LogP contribution in [0.2, 0.25) is 5.15 Å². The summed E-state index contributed by atoms with van der Waals surface area (Å²) in [5.74, 6) is 3.74. The number of piperidine rings is 1. The highest BCUT2D eigenvalue weighted by atomic mass is 35.5. The number of hydrogen-bond acceptors (Lipinski definition) is 3. The van der Waals surface area contributed by atoms with Gasteiger partial charge < -0.3 is 4.90 Å². The van der Waals surface area contributed by atoms with Gasteiger partial charge in [0.05, 0.1) is 0 Å². The normalized spacial score (nSPS) is 26.4. The molecule has 1 aromatic heterocycles. The maximum absolute atomic E-state index is 6.28. The monoisotopic (exact) mass is 293 g/mol. The van der Waals surface area contributed by atoms with E-state index in [9.17, 15) is 0 Å². The molecule has 0 bridgehead atoms. The highest BCUT2D eigenvalue weighted by Crippen LogP contribution is 2.38. The van der Waals surface area contributed by atoms with Crippen LogP contribution in [0.3, 0.4) is 0 Å². The Morgan fingerprint density at radius 3 is 2.65 bits per heavy atom. The minimum absolute atomic E-state index is 0.623. The number of hydrogen-bond donors (Lipinski definition) is 0. The third-order valence-electron chi connectivity index (χ3n) is 5.01. The number of anilines is 1. The Balaban J connectivity index is 1.84. The molecule has 2 atom stereocenters. The highest BCUT2D eigenvalue weighted by molar-refractivity contribution is 6.30. The Morgan fingerprint density at radius 1 is 1.15 bits per heavy atom. The first-order valence-electron chi connectivity index (χ1n) is 7.97. The van der Waals surface area contributed by atoms with Crippen molar-refractivity contribution in [3.05, 3.63) is 16.5 Å². The summed E-state index contributed by atoms with van der Waals surface area (Å²) in [4.78, 5) is 11.6. The molecule has 1 aliphatic carbocycles. The van der Waals surface area contributed by atoms with Gasteiger partial charge in [-0.15, -0.1) is 0 Å². The van der Waals surface area contributed by atoms with Gasteiger partial charge >= 0.3 is 0 Å². The molecule has 110 valence electrons. The largest absolute Gasteiger partial charge is 0.356 e. The zero-order valence-electron chi connectivity index (χ0n) is 12.5. The Kier molecular flexibility index (Phi) is 4.16. The van der Waals surface area contributed by atoms with Crippen molar-refractivity contribution in [1.82, 2.24) is 9.97 Å². The Bertz CT molecular complexity index is 489. The summed E-state index contributed by atoms with van der Waals surface area (Å²) in [5, 5.41) is 0.623. The maximum Gasteiger partial charge on any atom is 0.137 e. The van der Waals surface area contributed by atoms with Crippen LogP contribution in [0.25, 0.3) is 0 Å². The summed E-state index contributed by atoms with van der Waals surface area (Å²) in [6.45, 7) is 6.41. The van der Waals surface area contributed by atoms with E-state index >= 15 is 0 Å². The number of aryl methyl sites for hydroxylation is 1. The summed E-state index contributed by atoms with van der Waals surface area (Å²) in [5.41, 5.74) is 1.04. The van der Waals surface area contributed by atoms with Crippen molar-refractivity contribution < 1.29 is 0 Å². The molecule has 0 spiro atoms. The predicted octanol–water partition coefficient (Wildman–Crippen LogP) is 4.02. The second-order valence-corrected chi connectivity index (χ2v) is 6.63. The molecule has 1 aliphatic heterocycles. The van der Waals surface area contributed by atoms with Crippen molar-refractivity contribution in [2.45, 2.75) is 52.4 Å². The van der Waals surface area contributed by atoms with Crippen LogP contribution in [0.1, 0.15) is 50.4 Å². The van der Waals surface area contributed by atoms with E-state index in [0.29, 0.717) is 5.15 Å². The van der Waals surface area contributed by atoms with Crippen LogP contribution >= 0.6 is 11.6 Å². The number of halogens is 1. The maximum atomic E-state index is 6.28. The number of rotatable bonds is 2. The SMILES string of the molecule is CCc1nc(Cl)c(C)c(N2CCC3CCCCC3C2)n1. The minimum atomic E-state index is 0.623.